The van der Waals surface area contributed by atoms with Crippen LogP contribution in [0.3, 0.4) is 0 Å². The first-order valence-corrected chi connectivity index (χ1v) is 10.1. The number of nitrogens with zero attached hydrogens (tertiary/aromatic N) is 1. The van der Waals surface area contributed by atoms with Crippen LogP contribution in [-0.4, -0.2) is 29.4 Å². The van der Waals surface area contributed by atoms with Crippen LogP contribution in [0.25, 0.3) is 0 Å². The zero-order valence-corrected chi connectivity index (χ0v) is 15.4. The fourth-order valence-corrected chi connectivity index (χ4v) is 5.17. The zero-order chi connectivity index (χ0) is 17.4. The highest BCUT2D eigenvalue weighted by molar-refractivity contribution is 8.23. The Labute approximate surface area is 154 Å². The Bertz CT molecular complexity index is 877. The predicted molar refractivity (Wildman–Crippen MR) is 101 cm³/mol. The van der Waals surface area contributed by atoms with Crippen LogP contribution < -0.4 is 9.62 Å². The molecule has 1 atom stereocenters. The molecule has 0 radical (unpaired) electrons. The minimum atomic E-state index is -3.92. The number of thiocarbonyl (C=S) groups is 1. The Hall–Kier alpha value is -1.16. The summed E-state index contributed by atoms with van der Waals surface area (Å²) in [5.74, 6) is -1.81. The third-order valence-electron chi connectivity index (χ3n) is 3.37. The van der Waals surface area contributed by atoms with Gasteiger partial charge in [-0.05, 0) is 30.3 Å². The summed E-state index contributed by atoms with van der Waals surface area (Å²) < 4.78 is 27.8. The van der Waals surface area contributed by atoms with Crippen molar-refractivity contribution in [2.45, 2.75) is 10.7 Å². The summed E-state index contributed by atoms with van der Waals surface area (Å²) >= 11 is 12.5. The average Bonchev–Trinajstić information content (AvgIpc) is 2.82. The number of nitrogens with one attached hydrogen (secondary N) is 1. The van der Waals surface area contributed by atoms with Crippen LogP contribution in [0.4, 0.5) is 5.69 Å². The molecule has 0 saturated carbocycles. The molecule has 0 aliphatic carbocycles. The number of aliphatic hydroxyl groups is 1. The van der Waals surface area contributed by atoms with Crippen molar-refractivity contribution in [2.24, 2.45) is 0 Å². The Morgan fingerprint density at radius 2 is 1.92 bits per heavy atom. The van der Waals surface area contributed by atoms with Gasteiger partial charge in [-0.15, -0.1) is 0 Å². The molecule has 24 heavy (non-hydrogen) atoms. The van der Waals surface area contributed by atoms with Crippen molar-refractivity contribution in [3.63, 3.8) is 0 Å². The first-order valence-electron chi connectivity index (χ1n) is 6.86. The lowest BCUT2D eigenvalue weighted by Crippen LogP contribution is -2.60. The molecule has 1 aliphatic heterocycles. The lowest BCUT2D eigenvalue weighted by molar-refractivity contribution is 0.0676. The van der Waals surface area contributed by atoms with E-state index < -0.39 is 15.9 Å². The number of thioether (sulfide) groups is 1. The normalized spacial score (nSPS) is 21.2. The van der Waals surface area contributed by atoms with Crippen LogP contribution in [-0.2, 0) is 10.0 Å². The lowest BCUT2D eigenvalue weighted by Gasteiger charge is -2.34. The van der Waals surface area contributed by atoms with Gasteiger partial charge in [0.2, 0.25) is 15.9 Å². The van der Waals surface area contributed by atoms with Crippen LogP contribution in [0.1, 0.15) is 0 Å². The summed E-state index contributed by atoms with van der Waals surface area (Å²) in [6.45, 7) is 0. The number of sulfonamides is 1. The van der Waals surface area contributed by atoms with E-state index in [-0.39, 0.29) is 10.6 Å². The molecule has 1 saturated heterocycles. The predicted octanol–water partition coefficient (Wildman–Crippen LogP) is 2.80. The second-order valence-corrected chi connectivity index (χ2v) is 8.83. The summed E-state index contributed by atoms with van der Waals surface area (Å²) in [5.41, 5.74) is 0.510. The first-order chi connectivity index (χ1) is 11.3. The number of rotatable bonds is 4. The quantitative estimate of drug-likeness (QED) is 0.607. The van der Waals surface area contributed by atoms with Gasteiger partial charge in [-0.3, -0.25) is 4.90 Å². The number of hydrogen-bond acceptors (Lipinski definition) is 5. The van der Waals surface area contributed by atoms with E-state index in [1.807, 2.05) is 0 Å². The highest BCUT2D eigenvalue weighted by atomic mass is 35.5. The largest absolute Gasteiger partial charge is 0.357 e. The van der Waals surface area contributed by atoms with Gasteiger partial charge in [0.05, 0.1) is 10.6 Å². The third-order valence-corrected chi connectivity index (χ3v) is 6.60. The van der Waals surface area contributed by atoms with E-state index in [0.29, 0.717) is 15.0 Å². The Morgan fingerprint density at radius 3 is 2.58 bits per heavy atom. The van der Waals surface area contributed by atoms with Gasteiger partial charge in [-0.1, -0.05) is 59.8 Å². The van der Waals surface area contributed by atoms with E-state index in [1.165, 1.54) is 28.8 Å². The Balaban J connectivity index is 1.97. The summed E-state index contributed by atoms with van der Waals surface area (Å²) in [5, 5.41) is 11.4. The molecule has 2 aromatic carbocycles. The second kappa shape index (κ2) is 6.62. The highest BCUT2D eigenvalue weighted by Gasteiger charge is 2.46. The molecule has 0 spiro atoms. The van der Waals surface area contributed by atoms with Crippen LogP contribution in [0.15, 0.2) is 59.5 Å². The molecular formula is C15H13ClN2O3S3. The number of anilines is 1. The summed E-state index contributed by atoms with van der Waals surface area (Å²) in [4.78, 5) is 1.42. The van der Waals surface area contributed by atoms with Crippen molar-refractivity contribution in [3.8, 4) is 0 Å². The van der Waals surface area contributed by atoms with Crippen LogP contribution >= 0.6 is 35.6 Å². The molecule has 5 nitrogen and oxygen atoms in total. The maximum absolute atomic E-state index is 12.6. The SMILES string of the molecule is O=S(=O)(NC1(O)CSC(=S)N1c1cccc(Cl)c1)c1ccccc1. The van der Waals surface area contributed by atoms with Crippen molar-refractivity contribution in [3.05, 3.63) is 59.6 Å². The zero-order valence-electron chi connectivity index (χ0n) is 12.2. The molecule has 126 valence electrons. The minimum absolute atomic E-state index is 0.0599. The average molecular weight is 401 g/mol. The molecule has 2 aromatic rings. The van der Waals surface area contributed by atoms with Crippen LogP contribution in [0, 0.1) is 0 Å². The third kappa shape index (κ3) is 3.44. The monoisotopic (exact) mass is 400 g/mol. The number of benzene rings is 2. The summed E-state index contributed by atoms with van der Waals surface area (Å²) in [6.07, 6.45) is 0. The van der Waals surface area contributed by atoms with Gasteiger partial charge >= 0.3 is 0 Å². The molecule has 1 unspecified atom stereocenters. The smallest absolute Gasteiger partial charge is 0.244 e. The maximum Gasteiger partial charge on any atom is 0.244 e. The van der Waals surface area contributed by atoms with E-state index in [9.17, 15) is 13.5 Å². The van der Waals surface area contributed by atoms with Gasteiger partial charge in [0.25, 0.3) is 0 Å². The van der Waals surface area contributed by atoms with Crippen molar-refractivity contribution in [1.29, 1.82) is 0 Å². The first kappa shape index (κ1) is 17.7. The van der Waals surface area contributed by atoms with Gasteiger partial charge in [0.1, 0.15) is 4.32 Å². The van der Waals surface area contributed by atoms with Gasteiger partial charge in [0.15, 0.2) is 0 Å². The van der Waals surface area contributed by atoms with Gasteiger partial charge in [-0.2, -0.15) is 4.72 Å². The Kier molecular flexibility index (Phi) is 4.87. The van der Waals surface area contributed by atoms with Crippen molar-refractivity contribution < 1.29 is 13.5 Å². The lowest BCUT2D eigenvalue weighted by atomic mass is 10.2. The van der Waals surface area contributed by atoms with Crippen molar-refractivity contribution >= 4 is 55.6 Å². The van der Waals surface area contributed by atoms with E-state index in [0.717, 1.165) is 0 Å². The topological polar surface area (TPSA) is 69.6 Å². The highest BCUT2D eigenvalue weighted by Crippen LogP contribution is 2.36. The molecule has 1 heterocycles. The van der Waals surface area contributed by atoms with Crippen molar-refractivity contribution in [1.82, 2.24) is 4.72 Å². The molecular weight excluding hydrogens is 388 g/mol. The molecule has 2 N–H and O–H groups in total. The minimum Gasteiger partial charge on any atom is -0.357 e. The molecule has 0 aromatic heterocycles. The second-order valence-electron chi connectivity index (χ2n) is 5.11. The summed E-state index contributed by atoms with van der Waals surface area (Å²) in [6, 6.07) is 14.5. The van der Waals surface area contributed by atoms with E-state index in [1.54, 1.807) is 42.5 Å². The van der Waals surface area contributed by atoms with E-state index >= 15 is 0 Å². The van der Waals surface area contributed by atoms with Crippen LogP contribution in [0.5, 0.6) is 0 Å². The van der Waals surface area contributed by atoms with Crippen molar-refractivity contribution in [2.75, 3.05) is 10.7 Å². The summed E-state index contributed by atoms with van der Waals surface area (Å²) in [7, 11) is -3.92. The Morgan fingerprint density at radius 1 is 1.21 bits per heavy atom. The molecule has 3 rings (SSSR count). The standard InChI is InChI=1S/C15H13ClN2O3S3/c16-11-5-4-6-12(9-11)18-14(22)23-10-15(18,19)17-24(20,21)13-7-2-1-3-8-13/h1-9,17,19H,10H2. The van der Waals surface area contributed by atoms with E-state index in [2.05, 4.69) is 4.72 Å². The van der Waals surface area contributed by atoms with Crippen LogP contribution in [0.2, 0.25) is 5.02 Å². The number of halogens is 1. The van der Waals surface area contributed by atoms with Gasteiger partial charge in [-0.25, -0.2) is 8.42 Å². The molecule has 0 bridgehead atoms. The fourth-order valence-electron chi connectivity index (χ4n) is 2.33. The fraction of sp³-hybridized carbons (Fsp3) is 0.133. The molecule has 0 amide bonds. The van der Waals surface area contributed by atoms with Gasteiger partial charge in [0, 0.05) is 10.7 Å². The van der Waals surface area contributed by atoms with E-state index in [4.69, 9.17) is 23.8 Å². The molecule has 1 aliphatic rings. The molecule has 1 fully saturated rings. The van der Waals surface area contributed by atoms with Gasteiger partial charge < -0.3 is 5.11 Å². The number of hydrogen-bond donors (Lipinski definition) is 2. The molecule has 9 heteroatoms. The maximum atomic E-state index is 12.6.